The summed E-state index contributed by atoms with van der Waals surface area (Å²) in [6.07, 6.45) is 4.86. The molecule has 6 heteroatoms. The third-order valence-corrected chi connectivity index (χ3v) is 6.09. The normalized spacial score (nSPS) is 17.0. The topological polar surface area (TPSA) is 75.4 Å². The Morgan fingerprint density at radius 3 is 2.52 bits per heavy atom. The maximum atomic E-state index is 12.2. The van der Waals surface area contributed by atoms with Gasteiger partial charge in [-0.25, -0.2) is 12.7 Å². The van der Waals surface area contributed by atoms with E-state index in [9.17, 15) is 8.42 Å². The van der Waals surface area contributed by atoms with Crippen molar-refractivity contribution in [3.8, 4) is 0 Å². The third-order valence-electron chi connectivity index (χ3n) is 4.22. The molecule has 118 valence electrons. The zero-order valence-electron chi connectivity index (χ0n) is 13.0. The fraction of sp³-hybridized carbons (Fsp3) is 0.600. The van der Waals surface area contributed by atoms with Gasteiger partial charge in [0.25, 0.3) is 0 Å². The highest BCUT2D eigenvalue weighted by atomic mass is 32.2. The minimum Gasteiger partial charge on any atom is -0.396 e. The first-order chi connectivity index (χ1) is 9.82. The lowest BCUT2D eigenvalue weighted by molar-refractivity contribution is 0.486. The summed E-state index contributed by atoms with van der Waals surface area (Å²) in [5, 5.41) is 3.34. The average molecular weight is 311 g/mol. The highest BCUT2D eigenvalue weighted by molar-refractivity contribution is 7.89. The number of nitrogens with zero attached hydrogens (tertiary/aromatic N) is 1. The van der Waals surface area contributed by atoms with Gasteiger partial charge in [-0.05, 0) is 36.8 Å². The maximum Gasteiger partial charge on any atom is 0.244 e. The Balaban J connectivity index is 2.19. The fourth-order valence-corrected chi connectivity index (χ4v) is 3.66. The quantitative estimate of drug-likeness (QED) is 0.759. The molecule has 1 fully saturated rings. The first kappa shape index (κ1) is 16.1. The lowest BCUT2D eigenvalue weighted by Crippen LogP contribution is -2.24. The molecule has 0 heterocycles. The number of sulfonamides is 1. The van der Waals surface area contributed by atoms with Crippen LogP contribution in [0.4, 0.5) is 11.4 Å². The van der Waals surface area contributed by atoms with Crippen molar-refractivity contribution in [2.24, 2.45) is 5.41 Å². The molecule has 21 heavy (non-hydrogen) atoms. The van der Waals surface area contributed by atoms with Crippen LogP contribution in [0.2, 0.25) is 0 Å². The summed E-state index contributed by atoms with van der Waals surface area (Å²) in [6.45, 7) is 3.05. The summed E-state index contributed by atoms with van der Waals surface area (Å²) in [4.78, 5) is 0.165. The van der Waals surface area contributed by atoms with Gasteiger partial charge in [-0.1, -0.05) is 19.4 Å². The van der Waals surface area contributed by atoms with Crippen LogP contribution >= 0.6 is 0 Å². The third kappa shape index (κ3) is 3.32. The number of nitrogens with one attached hydrogen (secondary N) is 1. The van der Waals surface area contributed by atoms with Crippen LogP contribution in [-0.2, 0) is 10.0 Å². The van der Waals surface area contributed by atoms with Gasteiger partial charge in [-0.3, -0.25) is 0 Å². The zero-order chi connectivity index (χ0) is 15.7. The average Bonchev–Trinajstić information content (AvgIpc) is 3.18. The highest BCUT2D eigenvalue weighted by Crippen LogP contribution is 2.49. The number of hydrogen-bond donors (Lipinski definition) is 2. The summed E-state index contributed by atoms with van der Waals surface area (Å²) in [7, 11) is -0.492. The highest BCUT2D eigenvalue weighted by Gasteiger charge is 2.41. The van der Waals surface area contributed by atoms with Crippen LogP contribution in [0.5, 0.6) is 0 Å². The van der Waals surface area contributed by atoms with Crippen LogP contribution in [0, 0.1) is 5.41 Å². The molecule has 0 amide bonds. The molecule has 0 aliphatic heterocycles. The molecule has 1 saturated carbocycles. The fourth-order valence-electron chi connectivity index (χ4n) is 2.62. The molecule has 0 aromatic heterocycles. The Kier molecular flexibility index (Phi) is 4.49. The second-order valence-corrected chi connectivity index (χ2v) is 8.23. The molecule has 0 radical (unpaired) electrons. The Morgan fingerprint density at radius 1 is 1.33 bits per heavy atom. The first-order valence-corrected chi connectivity index (χ1v) is 8.81. The number of benzene rings is 1. The van der Waals surface area contributed by atoms with Crippen LogP contribution in [0.3, 0.4) is 0 Å². The zero-order valence-corrected chi connectivity index (χ0v) is 13.8. The summed E-state index contributed by atoms with van der Waals surface area (Å²) in [6, 6.07) is 5.12. The van der Waals surface area contributed by atoms with Gasteiger partial charge in [0.05, 0.1) is 11.4 Å². The summed E-state index contributed by atoms with van der Waals surface area (Å²) >= 11 is 0. The van der Waals surface area contributed by atoms with Gasteiger partial charge in [0, 0.05) is 20.6 Å². The Hall–Kier alpha value is -1.27. The van der Waals surface area contributed by atoms with Crippen molar-refractivity contribution in [1.29, 1.82) is 0 Å². The van der Waals surface area contributed by atoms with Gasteiger partial charge in [0.2, 0.25) is 10.0 Å². The van der Waals surface area contributed by atoms with Gasteiger partial charge >= 0.3 is 0 Å². The number of hydrogen-bond acceptors (Lipinski definition) is 4. The van der Waals surface area contributed by atoms with Crippen molar-refractivity contribution in [3.05, 3.63) is 18.2 Å². The van der Waals surface area contributed by atoms with Crippen molar-refractivity contribution >= 4 is 21.4 Å². The van der Waals surface area contributed by atoms with Gasteiger partial charge < -0.3 is 11.1 Å². The van der Waals surface area contributed by atoms with Crippen LogP contribution in [-0.4, -0.2) is 33.4 Å². The van der Waals surface area contributed by atoms with Gasteiger partial charge in [-0.2, -0.15) is 0 Å². The molecule has 0 atom stereocenters. The van der Waals surface area contributed by atoms with Crippen molar-refractivity contribution in [1.82, 2.24) is 4.31 Å². The van der Waals surface area contributed by atoms with Crippen molar-refractivity contribution in [2.75, 3.05) is 31.7 Å². The Morgan fingerprint density at radius 2 is 2.00 bits per heavy atom. The predicted molar refractivity (Wildman–Crippen MR) is 86.8 cm³/mol. The van der Waals surface area contributed by atoms with E-state index < -0.39 is 10.0 Å². The first-order valence-electron chi connectivity index (χ1n) is 7.37. The molecule has 2 rings (SSSR count). The van der Waals surface area contributed by atoms with Crippen LogP contribution < -0.4 is 11.1 Å². The summed E-state index contributed by atoms with van der Waals surface area (Å²) in [5.74, 6) is 0. The Bertz CT molecular complexity index is 607. The maximum absolute atomic E-state index is 12.2. The van der Waals surface area contributed by atoms with Crippen LogP contribution in [0.15, 0.2) is 23.1 Å². The molecule has 1 aromatic carbocycles. The minimum atomic E-state index is -3.51. The minimum absolute atomic E-state index is 0.165. The number of anilines is 2. The second-order valence-electron chi connectivity index (χ2n) is 6.11. The van der Waals surface area contributed by atoms with E-state index in [1.54, 1.807) is 12.1 Å². The van der Waals surface area contributed by atoms with E-state index in [-0.39, 0.29) is 4.90 Å². The number of nitrogens with two attached hydrogens (primary N) is 1. The Labute approximate surface area is 127 Å². The molecule has 1 aliphatic rings. The number of nitrogen functional groups attached to an aromatic ring is 1. The van der Waals surface area contributed by atoms with E-state index in [1.807, 2.05) is 6.07 Å². The van der Waals surface area contributed by atoms with E-state index in [2.05, 4.69) is 12.2 Å². The molecule has 1 aliphatic carbocycles. The summed E-state index contributed by atoms with van der Waals surface area (Å²) in [5.41, 5.74) is 7.46. The van der Waals surface area contributed by atoms with E-state index in [1.165, 1.54) is 44.1 Å². The second kappa shape index (κ2) is 5.85. The van der Waals surface area contributed by atoms with Crippen molar-refractivity contribution in [3.63, 3.8) is 0 Å². The van der Waals surface area contributed by atoms with Gasteiger partial charge in [0.15, 0.2) is 0 Å². The van der Waals surface area contributed by atoms with Crippen LogP contribution in [0.1, 0.15) is 32.6 Å². The standard InChI is InChI=1S/C15H25N3O2S/c1-4-8-15(9-10-15)11-17-12-6-5-7-13(14(12)16)21(19,20)18(2)3/h5-7,17H,4,8-11,16H2,1-3H3. The molecular formula is C15H25N3O2S. The lowest BCUT2D eigenvalue weighted by Gasteiger charge is -2.19. The SMILES string of the molecule is CCCC1(CNc2cccc(S(=O)(=O)N(C)C)c2N)CC1. The van der Waals surface area contributed by atoms with Gasteiger partial charge in [-0.15, -0.1) is 0 Å². The molecule has 5 nitrogen and oxygen atoms in total. The number of para-hydroxylation sites is 1. The van der Waals surface area contributed by atoms with E-state index in [4.69, 9.17) is 5.73 Å². The molecule has 1 aromatic rings. The molecule has 0 saturated heterocycles. The monoisotopic (exact) mass is 311 g/mol. The van der Waals surface area contributed by atoms with Crippen molar-refractivity contribution in [2.45, 2.75) is 37.5 Å². The molecular weight excluding hydrogens is 286 g/mol. The summed E-state index contributed by atoms with van der Waals surface area (Å²) < 4.78 is 25.7. The molecule has 3 N–H and O–H groups in total. The van der Waals surface area contributed by atoms with Crippen LogP contribution in [0.25, 0.3) is 0 Å². The smallest absolute Gasteiger partial charge is 0.244 e. The van der Waals surface area contributed by atoms with E-state index >= 15 is 0 Å². The van der Waals surface area contributed by atoms with Crippen molar-refractivity contribution < 1.29 is 8.42 Å². The number of rotatable bonds is 7. The lowest BCUT2D eigenvalue weighted by atomic mass is 10.0. The van der Waals surface area contributed by atoms with E-state index in [0.29, 0.717) is 16.8 Å². The van der Waals surface area contributed by atoms with Gasteiger partial charge in [0.1, 0.15) is 4.90 Å². The molecule has 0 unspecified atom stereocenters. The predicted octanol–water partition coefficient (Wildman–Crippen LogP) is 2.51. The molecule has 0 bridgehead atoms. The molecule has 0 spiro atoms. The largest absolute Gasteiger partial charge is 0.396 e. The van der Waals surface area contributed by atoms with E-state index in [0.717, 1.165) is 6.54 Å².